The van der Waals surface area contributed by atoms with Crippen molar-refractivity contribution in [1.82, 2.24) is 0 Å². The van der Waals surface area contributed by atoms with E-state index in [4.69, 9.17) is 4.74 Å². The van der Waals surface area contributed by atoms with Crippen LogP contribution in [0.4, 0.5) is 0 Å². The quantitative estimate of drug-likeness (QED) is 0.538. The molecule has 1 aliphatic heterocycles. The Morgan fingerprint density at radius 3 is 2.75 bits per heavy atom. The molecule has 1 nitrogen and oxygen atoms in total. The summed E-state index contributed by atoms with van der Waals surface area (Å²) in [6, 6.07) is 0. The molecule has 1 saturated heterocycles. The van der Waals surface area contributed by atoms with E-state index >= 15 is 0 Å². The van der Waals surface area contributed by atoms with E-state index in [2.05, 4.69) is 0 Å². The minimum atomic E-state index is 0.503. The molecular formula is C6H12OS. The number of rotatable bonds is 1. The van der Waals surface area contributed by atoms with Gasteiger partial charge in [0.15, 0.2) is 0 Å². The van der Waals surface area contributed by atoms with Gasteiger partial charge in [-0.25, -0.2) is 0 Å². The summed E-state index contributed by atoms with van der Waals surface area (Å²) < 4.78 is 5.15. The Balaban J connectivity index is 2.13. The van der Waals surface area contributed by atoms with Crippen LogP contribution in [0, 0.1) is 0 Å². The first-order valence-electron chi connectivity index (χ1n) is 3.08. The number of hydrogen-bond acceptors (Lipinski definition) is 2. The Morgan fingerprint density at radius 1 is 1.50 bits per heavy atom. The van der Waals surface area contributed by atoms with E-state index in [-0.39, 0.29) is 0 Å². The Morgan fingerprint density at radius 2 is 2.38 bits per heavy atom. The third kappa shape index (κ3) is 1.67. The summed E-state index contributed by atoms with van der Waals surface area (Å²) in [6.07, 6.45) is 3.98. The fraction of sp³-hybridized carbons (Fsp3) is 1.00. The third-order valence-electron chi connectivity index (χ3n) is 1.40. The summed E-state index contributed by atoms with van der Waals surface area (Å²) in [7, 11) is 1.79. The van der Waals surface area contributed by atoms with E-state index < -0.39 is 0 Å². The summed E-state index contributed by atoms with van der Waals surface area (Å²) in [6.45, 7) is 0. The highest BCUT2D eigenvalue weighted by Gasteiger charge is 2.11. The Bertz CT molecular complexity index is 59.5. The first-order chi connectivity index (χ1) is 3.93. The van der Waals surface area contributed by atoms with E-state index in [9.17, 15) is 0 Å². The summed E-state index contributed by atoms with van der Waals surface area (Å²) in [4.78, 5) is 0. The molecule has 1 heterocycles. The van der Waals surface area contributed by atoms with E-state index in [1.165, 1.54) is 25.0 Å². The third-order valence-corrected chi connectivity index (χ3v) is 2.73. The fourth-order valence-corrected chi connectivity index (χ4v) is 2.00. The molecule has 1 fully saturated rings. The average Bonchev–Trinajstić information content (AvgIpc) is 1.90. The zero-order chi connectivity index (χ0) is 5.82. The van der Waals surface area contributed by atoms with Crippen molar-refractivity contribution in [3.05, 3.63) is 0 Å². The van der Waals surface area contributed by atoms with Gasteiger partial charge in [-0.2, -0.15) is 0 Å². The summed E-state index contributed by atoms with van der Waals surface area (Å²) in [5.41, 5.74) is 0.503. The summed E-state index contributed by atoms with van der Waals surface area (Å²) in [5, 5.41) is 0. The molecule has 0 aliphatic carbocycles. The van der Waals surface area contributed by atoms with Crippen LogP contribution in [0.1, 0.15) is 19.3 Å². The van der Waals surface area contributed by atoms with Gasteiger partial charge in [0, 0.05) is 7.11 Å². The summed E-state index contributed by atoms with van der Waals surface area (Å²) in [5.74, 6) is 1.29. The van der Waals surface area contributed by atoms with Crippen molar-refractivity contribution in [2.75, 3.05) is 12.9 Å². The van der Waals surface area contributed by atoms with Gasteiger partial charge in [-0.3, -0.25) is 0 Å². The monoisotopic (exact) mass is 132 g/mol. The van der Waals surface area contributed by atoms with Crippen LogP contribution in [0.25, 0.3) is 0 Å². The minimum absolute atomic E-state index is 0.503. The van der Waals surface area contributed by atoms with Gasteiger partial charge in [0.05, 0.1) is 0 Å². The second-order valence-corrected chi connectivity index (χ2v) is 3.30. The molecule has 8 heavy (non-hydrogen) atoms. The molecule has 1 unspecified atom stereocenters. The van der Waals surface area contributed by atoms with Crippen LogP contribution in [-0.4, -0.2) is 18.3 Å². The number of hydrogen-bond donors (Lipinski definition) is 0. The van der Waals surface area contributed by atoms with Crippen LogP contribution in [0.5, 0.6) is 0 Å². The summed E-state index contributed by atoms with van der Waals surface area (Å²) >= 11 is 1.94. The van der Waals surface area contributed by atoms with Gasteiger partial charge in [-0.15, -0.1) is 11.8 Å². The van der Waals surface area contributed by atoms with Crippen molar-refractivity contribution in [2.45, 2.75) is 24.7 Å². The Hall–Kier alpha value is 0.310. The van der Waals surface area contributed by atoms with Crippen molar-refractivity contribution >= 4 is 11.8 Å². The van der Waals surface area contributed by atoms with Gasteiger partial charge in [-0.05, 0) is 25.0 Å². The molecule has 0 aromatic rings. The first-order valence-corrected chi connectivity index (χ1v) is 4.13. The highest BCUT2D eigenvalue weighted by molar-refractivity contribution is 7.99. The van der Waals surface area contributed by atoms with Crippen LogP contribution in [0.3, 0.4) is 0 Å². The van der Waals surface area contributed by atoms with Crippen molar-refractivity contribution in [1.29, 1.82) is 0 Å². The normalized spacial score (nSPS) is 30.4. The van der Waals surface area contributed by atoms with Crippen LogP contribution < -0.4 is 0 Å². The molecule has 1 rings (SSSR count). The molecule has 1 aliphatic rings. The number of ether oxygens (including phenoxy) is 1. The van der Waals surface area contributed by atoms with Crippen molar-refractivity contribution in [3.63, 3.8) is 0 Å². The molecule has 1 atom stereocenters. The van der Waals surface area contributed by atoms with E-state index in [0.29, 0.717) is 5.44 Å². The van der Waals surface area contributed by atoms with Crippen molar-refractivity contribution in [3.8, 4) is 0 Å². The van der Waals surface area contributed by atoms with Crippen LogP contribution >= 0.6 is 11.8 Å². The SMILES string of the molecule is COC1CCCCS1. The standard InChI is InChI=1S/C6H12OS/c1-7-6-4-2-3-5-8-6/h6H,2-5H2,1H3. The predicted molar refractivity (Wildman–Crippen MR) is 37.1 cm³/mol. The Labute approximate surface area is 54.8 Å². The van der Waals surface area contributed by atoms with Crippen LogP contribution in [0.15, 0.2) is 0 Å². The van der Waals surface area contributed by atoms with Crippen molar-refractivity contribution in [2.24, 2.45) is 0 Å². The zero-order valence-corrected chi connectivity index (χ0v) is 6.04. The minimum Gasteiger partial charge on any atom is -0.371 e. The lowest BCUT2D eigenvalue weighted by molar-refractivity contribution is 0.160. The lowest BCUT2D eigenvalue weighted by Gasteiger charge is -2.18. The maximum absolute atomic E-state index is 5.15. The molecule has 0 amide bonds. The molecule has 0 saturated carbocycles. The highest BCUT2D eigenvalue weighted by Crippen LogP contribution is 2.24. The maximum atomic E-state index is 5.15. The van der Waals surface area contributed by atoms with Crippen LogP contribution in [0.2, 0.25) is 0 Å². The second kappa shape index (κ2) is 3.36. The molecule has 2 heteroatoms. The lowest BCUT2D eigenvalue weighted by atomic mass is 10.2. The zero-order valence-electron chi connectivity index (χ0n) is 5.22. The molecule has 0 spiro atoms. The maximum Gasteiger partial charge on any atom is 0.102 e. The van der Waals surface area contributed by atoms with Gasteiger partial charge in [-0.1, -0.05) is 0 Å². The van der Waals surface area contributed by atoms with Gasteiger partial charge in [0.25, 0.3) is 0 Å². The topological polar surface area (TPSA) is 9.23 Å². The number of thioether (sulfide) groups is 1. The van der Waals surface area contributed by atoms with E-state index in [1.807, 2.05) is 11.8 Å². The predicted octanol–water partition coefficient (Wildman–Crippen LogP) is 1.88. The average molecular weight is 132 g/mol. The van der Waals surface area contributed by atoms with Gasteiger partial charge in [0.2, 0.25) is 0 Å². The molecule has 0 bridgehead atoms. The second-order valence-electron chi connectivity index (χ2n) is 2.03. The van der Waals surface area contributed by atoms with Crippen LogP contribution in [-0.2, 0) is 4.74 Å². The first kappa shape index (κ1) is 6.43. The van der Waals surface area contributed by atoms with Gasteiger partial charge >= 0.3 is 0 Å². The van der Waals surface area contributed by atoms with E-state index in [0.717, 1.165) is 0 Å². The molecule has 0 N–H and O–H groups in total. The van der Waals surface area contributed by atoms with Gasteiger partial charge < -0.3 is 4.74 Å². The van der Waals surface area contributed by atoms with E-state index in [1.54, 1.807) is 7.11 Å². The molecular weight excluding hydrogens is 120 g/mol. The molecule has 0 radical (unpaired) electrons. The number of methoxy groups -OCH3 is 1. The highest BCUT2D eigenvalue weighted by atomic mass is 32.2. The smallest absolute Gasteiger partial charge is 0.102 e. The molecule has 0 aromatic carbocycles. The fourth-order valence-electron chi connectivity index (χ4n) is 0.897. The van der Waals surface area contributed by atoms with Gasteiger partial charge in [0.1, 0.15) is 5.44 Å². The lowest BCUT2D eigenvalue weighted by Crippen LogP contribution is -2.10. The molecule has 48 valence electrons. The molecule has 0 aromatic heterocycles. The Kier molecular flexibility index (Phi) is 2.70. The van der Waals surface area contributed by atoms with Crippen molar-refractivity contribution < 1.29 is 4.74 Å². The largest absolute Gasteiger partial charge is 0.371 e.